The van der Waals surface area contributed by atoms with E-state index in [-0.39, 0.29) is 0 Å². The predicted octanol–water partition coefficient (Wildman–Crippen LogP) is 2.68. The second-order valence-corrected chi connectivity index (χ2v) is 5.65. The van der Waals surface area contributed by atoms with Crippen molar-refractivity contribution >= 4 is 17.2 Å². The molecule has 0 aliphatic rings. The molecule has 2 N–H and O–H groups in total. The van der Waals surface area contributed by atoms with E-state index in [2.05, 4.69) is 32.7 Å². The van der Waals surface area contributed by atoms with Crippen molar-refractivity contribution in [2.24, 2.45) is 11.7 Å². The summed E-state index contributed by atoms with van der Waals surface area (Å²) in [6.45, 7) is 8.25. The van der Waals surface area contributed by atoms with Gasteiger partial charge in [-0.15, -0.1) is 0 Å². The molecule has 19 heavy (non-hydrogen) atoms. The van der Waals surface area contributed by atoms with Crippen molar-refractivity contribution in [3.8, 4) is 5.75 Å². The SMILES string of the molecule is CC(C)C(C)N(C)CCOc1cccc(C(N)=S)c1. The van der Waals surface area contributed by atoms with Crippen LogP contribution in [-0.2, 0) is 0 Å². The van der Waals surface area contributed by atoms with E-state index in [1.807, 2.05) is 24.3 Å². The first-order valence-corrected chi connectivity index (χ1v) is 7.05. The highest BCUT2D eigenvalue weighted by atomic mass is 32.1. The smallest absolute Gasteiger partial charge is 0.120 e. The standard InChI is InChI=1S/C15H24N2OS/c1-11(2)12(3)17(4)8-9-18-14-7-5-6-13(10-14)15(16)19/h5-7,10-12H,8-9H2,1-4H3,(H2,16,19). The van der Waals surface area contributed by atoms with Gasteiger partial charge in [0.25, 0.3) is 0 Å². The van der Waals surface area contributed by atoms with Crippen molar-refractivity contribution in [3.05, 3.63) is 29.8 Å². The van der Waals surface area contributed by atoms with Crippen molar-refractivity contribution < 1.29 is 4.74 Å². The topological polar surface area (TPSA) is 38.5 Å². The number of ether oxygens (including phenoxy) is 1. The fourth-order valence-corrected chi connectivity index (χ4v) is 1.89. The Balaban J connectivity index is 2.45. The van der Waals surface area contributed by atoms with Crippen LogP contribution in [0.15, 0.2) is 24.3 Å². The predicted molar refractivity (Wildman–Crippen MR) is 84.8 cm³/mol. The van der Waals surface area contributed by atoms with Crippen LogP contribution >= 0.6 is 12.2 Å². The summed E-state index contributed by atoms with van der Waals surface area (Å²) in [5, 5.41) is 0. The van der Waals surface area contributed by atoms with E-state index in [1.54, 1.807) is 0 Å². The Labute approximate surface area is 121 Å². The highest BCUT2D eigenvalue weighted by molar-refractivity contribution is 7.80. The third-order valence-corrected chi connectivity index (χ3v) is 3.73. The number of thiocarbonyl (C=S) groups is 1. The fourth-order valence-electron chi connectivity index (χ4n) is 1.76. The summed E-state index contributed by atoms with van der Waals surface area (Å²) in [7, 11) is 2.12. The molecule has 0 aliphatic carbocycles. The molecule has 1 unspecified atom stereocenters. The summed E-state index contributed by atoms with van der Waals surface area (Å²) in [6.07, 6.45) is 0. The lowest BCUT2D eigenvalue weighted by atomic mass is 10.1. The van der Waals surface area contributed by atoms with Crippen molar-refractivity contribution in [3.63, 3.8) is 0 Å². The minimum Gasteiger partial charge on any atom is -0.492 e. The highest BCUT2D eigenvalue weighted by Gasteiger charge is 2.12. The summed E-state index contributed by atoms with van der Waals surface area (Å²) in [4.78, 5) is 2.71. The lowest BCUT2D eigenvalue weighted by Crippen LogP contribution is -2.36. The first-order chi connectivity index (χ1) is 8.91. The Morgan fingerprint density at radius 1 is 1.37 bits per heavy atom. The maximum atomic E-state index is 5.74. The Bertz CT molecular complexity index is 420. The Morgan fingerprint density at radius 2 is 2.05 bits per heavy atom. The molecule has 0 aromatic heterocycles. The Morgan fingerprint density at radius 3 is 2.63 bits per heavy atom. The number of hydrogen-bond acceptors (Lipinski definition) is 3. The number of nitrogens with zero attached hydrogens (tertiary/aromatic N) is 1. The van der Waals surface area contributed by atoms with Gasteiger partial charge in [-0.1, -0.05) is 38.2 Å². The molecule has 0 amide bonds. The van der Waals surface area contributed by atoms with Gasteiger partial charge in [0.2, 0.25) is 0 Å². The lowest BCUT2D eigenvalue weighted by molar-refractivity contribution is 0.170. The van der Waals surface area contributed by atoms with Crippen molar-refractivity contribution in [1.82, 2.24) is 4.90 Å². The molecule has 0 saturated heterocycles. The van der Waals surface area contributed by atoms with Crippen LogP contribution in [0.4, 0.5) is 0 Å². The van der Waals surface area contributed by atoms with Gasteiger partial charge >= 0.3 is 0 Å². The summed E-state index contributed by atoms with van der Waals surface area (Å²) in [5.74, 6) is 1.46. The van der Waals surface area contributed by atoms with E-state index < -0.39 is 0 Å². The molecule has 106 valence electrons. The highest BCUT2D eigenvalue weighted by Crippen LogP contribution is 2.13. The van der Waals surface area contributed by atoms with Crippen LogP contribution < -0.4 is 10.5 Å². The maximum Gasteiger partial charge on any atom is 0.120 e. The summed E-state index contributed by atoms with van der Waals surface area (Å²) in [5.41, 5.74) is 6.44. The van der Waals surface area contributed by atoms with Crippen LogP contribution in [0, 0.1) is 5.92 Å². The minimum absolute atomic E-state index is 0.399. The number of benzene rings is 1. The van der Waals surface area contributed by atoms with Crippen molar-refractivity contribution in [1.29, 1.82) is 0 Å². The molecule has 1 aromatic rings. The number of likely N-dealkylation sites (N-methyl/N-ethyl adjacent to an activating group) is 1. The minimum atomic E-state index is 0.399. The molecule has 1 atom stereocenters. The van der Waals surface area contributed by atoms with Gasteiger partial charge in [0.1, 0.15) is 17.3 Å². The largest absolute Gasteiger partial charge is 0.492 e. The van der Waals surface area contributed by atoms with Crippen LogP contribution in [0.2, 0.25) is 0 Å². The summed E-state index contributed by atoms with van der Waals surface area (Å²) < 4.78 is 5.74. The van der Waals surface area contributed by atoms with Crippen LogP contribution in [0.1, 0.15) is 26.3 Å². The summed E-state index contributed by atoms with van der Waals surface area (Å²) >= 11 is 4.95. The van der Waals surface area contributed by atoms with Gasteiger partial charge in [0, 0.05) is 18.2 Å². The number of hydrogen-bond donors (Lipinski definition) is 1. The van der Waals surface area contributed by atoms with Crippen LogP contribution in [0.5, 0.6) is 5.75 Å². The van der Waals surface area contributed by atoms with Gasteiger partial charge in [0.05, 0.1) is 0 Å². The molecular formula is C15H24N2OS. The third-order valence-electron chi connectivity index (χ3n) is 3.49. The van der Waals surface area contributed by atoms with Crippen LogP contribution in [0.3, 0.4) is 0 Å². The molecule has 0 spiro atoms. The molecule has 0 saturated carbocycles. The van der Waals surface area contributed by atoms with Gasteiger partial charge in [-0.05, 0) is 32.0 Å². The first-order valence-electron chi connectivity index (χ1n) is 6.64. The van der Waals surface area contributed by atoms with Crippen molar-refractivity contribution in [2.75, 3.05) is 20.2 Å². The quantitative estimate of drug-likeness (QED) is 0.779. The van der Waals surface area contributed by atoms with E-state index in [1.165, 1.54) is 0 Å². The summed E-state index contributed by atoms with van der Waals surface area (Å²) in [6, 6.07) is 8.15. The molecule has 1 aromatic carbocycles. The van der Waals surface area contributed by atoms with Gasteiger partial charge in [-0.25, -0.2) is 0 Å². The second-order valence-electron chi connectivity index (χ2n) is 5.21. The zero-order valence-electron chi connectivity index (χ0n) is 12.2. The Kier molecular flexibility index (Phi) is 6.25. The van der Waals surface area contributed by atoms with Crippen LogP contribution in [-0.4, -0.2) is 36.1 Å². The average molecular weight is 280 g/mol. The monoisotopic (exact) mass is 280 g/mol. The van der Waals surface area contributed by atoms with E-state index in [9.17, 15) is 0 Å². The molecule has 4 heteroatoms. The van der Waals surface area contributed by atoms with E-state index in [0.29, 0.717) is 23.6 Å². The maximum absolute atomic E-state index is 5.74. The van der Waals surface area contributed by atoms with E-state index in [4.69, 9.17) is 22.7 Å². The third kappa shape index (κ3) is 5.17. The van der Waals surface area contributed by atoms with E-state index >= 15 is 0 Å². The number of rotatable bonds is 7. The zero-order chi connectivity index (χ0) is 14.4. The van der Waals surface area contributed by atoms with Gasteiger partial charge < -0.3 is 15.4 Å². The molecule has 1 rings (SSSR count). The molecule has 0 fully saturated rings. The first kappa shape index (κ1) is 15.9. The van der Waals surface area contributed by atoms with Crippen molar-refractivity contribution in [2.45, 2.75) is 26.8 Å². The van der Waals surface area contributed by atoms with Gasteiger partial charge in [-0.2, -0.15) is 0 Å². The number of nitrogens with two attached hydrogens (primary N) is 1. The molecule has 0 bridgehead atoms. The molecule has 0 heterocycles. The molecule has 0 radical (unpaired) electrons. The fraction of sp³-hybridized carbons (Fsp3) is 0.533. The van der Waals surface area contributed by atoms with Crippen LogP contribution in [0.25, 0.3) is 0 Å². The van der Waals surface area contributed by atoms with Gasteiger partial charge in [-0.3, -0.25) is 0 Å². The van der Waals surface area contributed by atoms with Gasteiger partial charge in [0.15, 0.2) is 0 Å². The second kappa shape index (κ2) is 7.46. The average Bonchev–Trinajstić information content (AvgIpc) is 2.37. The van der Waals surface area contributed by atoms with E-state index in [0.717, 1.165) is 17.9 Å². The Hall–Kier alpha value is -1.13. The normalized spacial score (nSPS) is 12.7. The zero-order valence-corrected chi connectivity index (χ0v) is 13.0. The lowest BCUT2D eigenvalue weighted by Gasteiger charge is -2.27. The molecule has 3 nitrogen and oxygen atoms in total. The molecule has 0 aliphatic heterocycles. The molecular weight excluding hydrogens is 256 g/mol.